The summed E-state index contributed by atoms with van der Waals surface area (Å²) in [6.07, 6.45) is 2.42. The van der Waals surface area contributed by atoms with Gasteiger partial charge in [0.1, 0.15) is 5.75 Å². The summed E-state index contributed by atoms with van der Waals surface area (Å²) in [5, 5.41) is 3.67. The van der Waals surface area contributed by atoms with E-state index in [0.717, 1.165) is 18.9 Å². The molecule has 1 aromatic carbocycles. The Morgan fingerprint density at radius 3 is 2.63 bits per heavy atom. The molecule has 2 heteroatoms. The van der Waals surface area contributed by atoms with Gasteiger partial charge in [-0.3, -0.25) is 0 Å². The Hall–Kier alpha value is -1.02. The van der Waals surface area contributed by atoms with Gasteiger partial charge in [0.05, 0.1) is 6.61 Å². The van der Waals surface area contributed by atoms with Crippen LogP contribution in [0.3, 0.4) is 0 Å². The van der Waals surface area contributed by atoms with Crippen LogP contribution in [0.4, 0.5) is 0 Å². The summed E-state index contributed by atoms with van der Waals surface area (Å²) in [5.74, 6) is 1.67. The van der Waals surface area contributed by atoms with Gasteiger partial charge >= 0.3 is 0 Å². The third-order valence-corrected chi connectivity index (χ3v) is 4.50. The fourth-order valence-corrected chi connectivity index (χ4v) is 3.17. The van der Waals surface area contributed by atoms with Gasteiger partial charge in [0.15, 0.2) is 0 Å². The van der Waals surface area contributed by atoms with Crippen LogP contribution in [0.15, 0.2) is 24.3 Å². The molecule has 0 radical (unpaired) electrons. The number of ether oxygens (including phenoxy) is 1. The molecule has 1 saturated carbocycles. The second kappa shape index (κ2) is 5.96. The van der Waals surface area contributed by atoms with Crippen molar-refractivity contribution in [3.05, 3.63) is 29.8 Å². The molecule has 1 aliphatic rings. The van der Waals surface area contributed by atoms with Crippen molar-refractivity contribution < 1.29 is 4.74 Å². The smallest absolute Gasteiger partial charge is 0.122 e. The number of nitrogens with one attached hydrogen (secondary N) is 1. The molecule has 106 valence electrons. The van der Waals surface area contributed by atoms with Gasteiger partial charge < -0.3 is 10.1 Å². The highest BCUT2D eigenvalue weighted by Crippen LogP contribution is 2.54. The molecule has 0 spiro atoms. The topological polar surface area (TPSA) is 21.3 Å². The Bertz CT molecular complexity index is 413. The molecule has 19 heavy (non-hydrogen) atoms. The molecule has 0 amide bonds. The molecular weight excluding hydrogens is 234 g/mol. The summed E-state index contributed by atoms with van der Waals surface area (Å²) < 4.78 is 5.78. The highest BCUT2D eigenvalue weighted by Gasteiger charge is 2.49. The summed E-state index contributed by atoms with van der Waals surface area (Å²) in [6.45, 7) is 10.9. The van der Waals surface area contributed by atoms with Crippen LogP contribution in [0.2, 0.25) is 0 Å². The summed E-state index contributed by atoms with van der Waals surface area (Å²) in [7, 11) is 0. The predicted molar refractivity (Wildman–Crippen MR) is 80.8 cm³/mol. The van der Waals surface area contributed by atoms with Crippen molar-refractivity contribution in [2.24, 2.45) is 5.41 Å². The molecule has 0 saturated heterocycles. The number of hydrogen-bond acceptors (Lipinski definition) is 2. The fraction of sp³-hybridized carbons (Fsp3) is 0.647. The van der Waals surface area contributed by atoms with E-state index < -0.39 is 0 Å². The van der Waals surface area contributed by atoms with Crippen LogP contribution in [-0.2, 0) is 0 Å². The first-order valence-electron chi connectivity index (χ1n) is 7.56. The monoisotopic (exact) mass is 261 g/mol. The largest absolute Gasteiger partial charge is 0.494 e. The standard InChI is InChI=1S/C17H27NO/c1-5-11-18-16-12-14(17(16,3)4)13-9-7-8-10-15(13)19-6-2/h7-10,14,16,18H,5-6,11-12H2,1-4H3. The van der Waals surface area contributed by atoms with Crippen LogP contribution >= 0.6 is 0 Å². The molecule has 2 atom stereocenters. The van der Waals surface area contributed by atoms with Gasteiger partial charge in [-0.05, 0) is 49.3 Å². The lowest BCUT2D eigenvalue weighted by molar-refractivity contribution is 0.0675. The van der Waals surface area contributed by atoms with Gasteiger partial charge in [-0.2, -0.15) is 0 Å². The van der Waals surface area contributed by atoms with Crippen molar-refractivity contribution in [1.82, 2.24) is 5.32 Å². The van der Waals surface area contributed by atoms with Gasteiger partial charge in [0.25, 0.3) is 0 Å². The molecule has 2 nitrogen and oxygen atoms in total. The van der Waals surface area contributed by atoms with Crippen molar-refractivity contribution in [1.29, 1.82) is 0 Å². The fourth-order valence-electron chi connectivity index (χ4n) is 3.17. The van der Waals surface area contributed by atoms with E-state index >= 15 is 0 Å². The molecule has 0 aromatic heterocycles. The average molecular weight is 261 g/mol. The highest BCUT2D eigenvalue weighted by molar-refractivity contribution is 5.40. The number of para-hydroxylation sites is 1. The van der Waals surface area contributed by atoms with Crippen molar-refractivity contribution in [3.8, 4) is 5.75 Å². The number of rotatable bonds is 6. The maximum absolute atomic E-state index is 5.78. The molecular formula is C17H27NO. The first kappa shape index (κ1) is 14.4. The minimum absolute atomic E-state index is 0.308. The van der Waals surface area contributed by atoms with E-state index in [9.17, 15) is 0 Å². The summed E-state index contributed by atoms with van der Waals surface area (Å²) in [5.41, 5.74) is 1.69. The Labute approximate surface area is 117 Å². The van der Waals surface area contributed by atoms with Crippen LogP contribution in [-0.4, -0.2) is 19.2 Å². The molecule has 2 rings (SSSR count). The summed E-state index contributed by atoms with van der Waals surface area (Å²) in [6, 6.07) is 9.15. The Kier molecular flexibility index (Phi) is 4.51. The lowest BCUT2D eigenvalue weighted by atomic mass is 9.56. The maximum Gasteiger partial charge on any atom is 0.122 e. The lowest BCUT2D eigenvalue weighted by Crippen LogP contribution is -2.55. The first-order valence-corrected chi connectivity index (χ1v) is 7.56. The van der Waals surface area contributed by atoms with Gasteiger partial charge in [0, 0.05) is 6.04 Å². The quantitative estimate of drug-likeness (QED) is 0.836. The second-order valence-corrected chi connectivity index (χ2v) is 6.09. The van der Waals surface area contributed by atoms with Gasteiger partial charge in [-0.15, -0.1) is 0 Å². The second-order valence-electron chi connectivity index (χ2n) is 6.09. The average Bonchev–Trinajstić information content (AvgIpc) is 2.40. The molecule has 0 heterocycles. The number of benzene rings is 1. The van der Waals surface area contributed by atoms with Crippen LogP contribution in [0.25, 0.3) is 0 Å². The van der Waals surface area contributed by atoms with E-state index in [4.69, 9.17) is 4.74 Å². The zero-order valence-corrected chi connectivity index (χ0v) is 12.7. The molecule has 2 unspecified atom stereocenters. The van der Waals surface area contributed by atoms with Gasteiger partial charge in [-0.25, -0.2) is 0 Å². The van der Waals surface area contributed by atoms with E-state index in [1.807, 2.05) is 6.92 Å². The Morgan fingerprint density at radius 2 is 2.00 bits per heavy atom. The zero-order valence-electron chi connectivity index (χ0n) is 12.7. The normalized spacial score (nSPS) is 24.8. The van der Waals surface area contributed by atoms with Crippen molar-refractivity contribution in [3.63, 3.8) is 0 Å². The van der Waals surface area contributed by atoms with E-state index in [1.165, 1.54) is 18.4 Å². The lowest BCUT2D eigenvalue weighted by Gasteiger charge is -2.53. The minimum Gasteiger partial charge on any atom is -0.494 e. The van der Waals surface area contributed by atoms with E-state index in [0.29, 0.717) is 17.4 Å². The van der Waals surface area contributed by atoms with Crippen LogP contribution in [0.1, 0.15) is 52.0 Å². The zero-order chi connectivity index (χ0) is 13.9. The molecule has 1 fully saturated rings. The summed E-state index contributed by atoms with van der Waals surface area (Å²) >= 11 is 0. The van der Waals surface area contributed by atoms with E-state index in [2.05, 4.69) is 50.4 Å². The van der Waals surface area contributed by atoms with Crippen LogP contribution < -0.4 is 10.1 Å². The SMILES string of the molecule is CCCNC1CC(c2ccccc2OCC)C1(C)C. The minimum atomic E-state index is 0.308. The van der Waals surface area contributed by atoms with Crippen LogP contribution in [0, 0.1) is 5.41 Å². The first-order chi connectivity index (χ1) is 9.11. The Balaban J connectivity index is 2.12. The van der Waals surface area contributed by atoms with Crippen molar-refractivity contribution in [2.75, 3.05) is 13.2 Å². The van der Waals surface area contributed by atoms with Gasteiger partial charge in [-0.1, -0.05) is 39.0 Å². The molecule has 0 aliphatic heterocycles. The molecule has 1 N–H and O–H groups in total. The van der Waals surface area contributed by atoms with Crippen LogP contribution in [0.5, 0.6) is 5.75 Å². The summed E-state index contributed by atoms with van der Waals surface area (Å²) in [4.78, 5) is 0. The van der Waals surface area contributed by atoms with E-state index in [-0.39, 0.29) is 0 Å². The van der Waals surface area contributed by atoms with E-state index in [1.54, 1.807) is 0 Å². The highest BCUT2D eigenvalue weighted by atomic mass is 16.5. The maximum atomic E-state index is 5.78. The third kappa shape index (κ3) is 2.79. The van der Waals surface area contributed by atoms with Crippen molar-refractivity contribution in [2.45, 2.75) is 52.5 Å². The van der Waals surface area contributed by atoms with Crippen molar-refractivity contribution >= 4 is 0 Å². The number of hydrogen-bond donors (Lipinski definition) is 1. The predicted octanol–water partition coefficient (Wildman–Crippen LogP) is 3.97. The Morgan fingerprint density at radius 1 is 1.26 bits per heavy atom. The molecule has 1 aromatic rings. The van der Waals surface area contributed by atoms with Gasteiger partial charge in [0.2, 0.25) is 0 Å². The molecule has 0 bridgehead atoms. The third-order valence-electron chi connectivity index (χ3n) is 4.50. The molecule has 1 aliphatic carbocycles.